The van der Waals surface area contributed by atoms with E-state index in [2.05, 4.69) is 53.4 Å². The average Bonchev–Trinajstić information content (AvgIpc) is 3.08. The van der Waals surface area contributed by atoms with E-state index in [9.17, 15) is 8.42 Å². The molecular formula is C26H33NO3S. The number of hydrogen-bond acceptors (Lipinski definition) is 3. The Morgan fingerprint density at radius 2 is 1.32 bits per heavy atom. The van der Waals surface area contributed by atoms with E-state index >= 15 is 0 Å². The van der Waals surface area contributed by atoms with Gasteiger partial charge in [-0.25, -0.2) is 0 Å². The highest BCUT2D eigenvalue weighted by Crippen LogP contribution is 2.40. The van der Waals surface area contributed by atoms with Gasteiger partial charge in [0.15, 0.2) is 0 Å². The molecule has 0 aromatic heterocycles. The summed E-state index contributed by atoms with van der Waals surface area (Å²) in [5.41, 5.74) is 9.30. The maximum absolute atomic E-state index is 9.19. The Balaban J connectivity index is 0.000000418. The summed E-state index contributed by atoms with van der Waals surface area (Å²) >= 11 is 0. The molecule has 31 heavy (non-hydrogen) atoms. The van der Waals surface area contributed by atoms with Crippen LogP contribution in [-0.4, -0.2) is 43.8 Å². The van der Waals surface area contributed by atoms with Gasteiger partial charge < -0.3 is 4.90 Å². The Labute approximate surface area is 186 Å². The van der Waals surface area contributed by atoms with Crippen LogP contribution in [0.15, 0.2) is 48.5 Å². The third-order valence-corrected chi connectivity index (χ3v) is 6.78. The lowest BCUT2D eigenvalue weighted by atomic mass is 9.91. The second kappa shape index (κ2) is 9.68. The highest BCUT2D eigenvalue weighted by molar-refractivity contribution is 7.85. The largest absolute Gasteiger partial charge is 0.302 e. The van der Waals surface area contributed by atoms with Crippen LogP contribution in [0, 0.1) is 5.92 Å². The van der Waals surface area contributed by atoms with Crippen molar-refractivity contribution in [2.24, 2.45) is 5.92 Å². The van der Waals surface area contributed by atoms with E-state index in [0.717, 1.165) is 12.3 Å². The van der Waals surface area contributed by atoms with Gasteiger partial charge in [0.1, 0.15) is 0 Å². The van der Waals surface area contributed by atoms with Gasteiger partial charge in [0, 0.05) is 19.6 Å². The second-order valence-electron chi connectivity index (χ2n) is 9.13. The molecule has 3 aliphatic rings. The Hall–Kier alpha value is -1.95. The Morgan fingerprint density at radius 3 is 1.81 bits per heavy atom. The molecule has 1 fully saturated rings. The lowest BCUT2D eigenvalue weighted by molar-refractivity contribution is 0.244. The zero-order valence-corrected chi connectivity index (χ0v) is 19.2. The van der Waals surface area contributed by atoms with Crippen LogP contribution in [0.4, 0.5) is 0 Å². The summed E-state index contributed by atoms with van der Waals surface area (Å²) in [5.74, 6) is 0.951. The van der Waals surface area contributed by atoms with E-state index < -0.39 is 10.1 Å². The predicted molar refractivity (Wildman–Crippen MR) is 128 cm³/mol. The lowest BCUT2D eigenvalue weighted by Crippen LogP contribution is -2.30. The molecule has 0 spiro atoms. The molecule has 1 saturated carbocycles. The molecule has 2 aliphatic carbocycles. The van der Waals surface area contributed by atoms with Crippen molar-refractivity contribution in [3.05, 3.63) is 70.8 Å². The maximum atomic E-state index is 9.19. The third-order valence-electron chi connectivity index (χ3n) is 6.78. The van der Waals surface area contributed by atoms with Crippen LogP contribution in [-0.2, 0) is 16.5 Å². The van der Waals surface area contributed by atoms with Crippen molar-refractivity contribution in [3.63, 3.8) is 0 Å². The molecule has 1 heterocycles. The number of benzene rings is 2. The molecule has 5 rings (SSSR count). The molecule has 166 valence electrons. The fourth-order valence-corrected chi connectivity index (χ4v) is 5.43. The molecule has 0 radical (unpaired) electrons. The smallest absolute Gasteiger partial charge is 0.261 e. The van der Waals surface area contributed by atoms with Crippen molar-refractivity contribution < 1.29 is 13.0 Å². The number of fused-ring (bicyclic) bond motifs is 4. The molecule has 1 N–H and O–H groups in total. The molecular weight excluding hydrogens is 406 g/mol. The summed E-state index contributed by atoms with van der Waals surface area (Å²) in [6.45, 7) is 3.78. The minimum absolute atomic E-state index is 0.715. The summed E-state index contributed by atoms with van der Waals surface area (Å²) < 4.78 is 25.9. The highest BCUT2D eigenvalue weighted by Gasteiger charge is 2.26. The summed E-state index contributed by atoms with van der Waals surface area (Å²) in [5, 5.41) is 0. The maximum Gasteiger partial charge on any atom is 0.261 e. The second-order valence-corrected chi connectivity index (χ2v) is 10.6. The Kier molecular flexibility index (Phi) is 6.95. The van der Waals surface area contributed by atoms with E-state index in [4.69, 9.17) is 4.55 Å². The van der Waals surface area contributed by atoms with Crippen LogP contribution in [0.1, 0.15) is 60.8 Å². The van der Waals surface area contributed by atoms with Gasteiger partial charge in [-0.15, -0.1) is 0 Å². The first-order valence-corrected chi connectivity index (χ1v) is 13.3. The normalized spacial score (nSPS) is 19.4. The zero-order valence-electron chi connectivity index (χ0n) is 18.4. The van der Waals surface area contributed by atoms with Crippen molar-refractivity contribution in [2.45, 2.75) is 44.9 Å². The monoisotopic (exact) mass is 439 g/mol. The van der Waals surface area contributed by atoms with Gasteiger partial charge >= 0.3 is 0 Å². The van der Waals surface area contributed by atoms with Gasteiger partial charge in [0.05, 0.1) is 6.26 Å². The van der Waals surface area contributed by atoms with E-state index in [0.29, 0.717) is 6.26 Å². The molecule has 0 unspecified atom stereocenters. The first-order valence-electron chi connectivity index (χ1n) is 11.4. The lowest BCUT2D eigenvalue weighted by Gasteiger charge is -2.24. The average molecular weight is 440 g/mol. The molecule has 1 aliphatic heterocycles. The van der Waals surface area contributed by atoms with Crippen LogP contribution in [0.2, 0.25) is 0 Å². The van der Waals surface area contributed by atoms with Gasteiger partial charge in [-0.3, -0.25) is 4.55 Å². The van der Waals surface area contributed by atoms with Crippen LogP contribution in [0.25, 0.3) is 11.1 Å². The number of rotatable bonds is 2. The third kappa shape index (κ3) is 5.85. The van der Waals surface area contributed by atoms with Crippen LogP contribution in [0.5, 0.6) is 0 Å². The Bertz CT molecular complexity index is 984. The number of hydrogen-bond donors (Lipinski definition) is 1. The molecule has 0 bridgehead atoms. The zero-order chi connectivity index (χ0) is 21.8. The van der Waals surface area contributed by atoms with Crippen LogP contribution >= 0.6 is 0 Å². The minimum Gasteiger partial charge on any atom is -0.302 e. The summed E-state index contributed by atoms with van der Waals surface area (Å²) in [4.78, 5) is 2.76. The van der Waals surface area contributed by atoms with E-state index in [1.807, 2.05) is 0 Å². The van der Waals surface area contributed by atoms with E-state index in [-0.39, 0.29) is 0 Å². The van der Waals surface area contributed by atoms with Crippen molar-refractivity contribution in [3.8, 4) is 0 Å². The van der Waals surface area contributed by atoms with E-state index in [1.165, 1.54) is 80.4 Å². The molecule has 0 saturated heterocycles. The predicted octanol–water partition coefficient (Wildman–Crippen LogP) is 5.29. The van der Waals surface area contributed by atoms with Crippen molar-refractivity contribution in [1.82, 2.24) is 4.90 Å². The fraction of sp³-hybridized carbons (Fsp3) is 0.462. The van der Waals surface area contributed by atoms with Crippen molar-refractivity contribution in [1.29, 1.82) is 0 Å². The van der Waals surface area contributed by atoms with Crippen molar-refractivity contribution in [2.75, 3.05) is 25.9 Å². The van der Waals surface area contributed by atoms with Gasteiger partial charge in [-0.05, 0) is 71.4 Å². The van der Waals surface area contributed by atoms with Crippen LogP contribution in [0.3, 0.4) is 0 Å². The first kappa shape index (κ1) is 22.3. The van der Waals surface area contributed by atoms with E-state index in [1.54, 1.807) is 11.1 Å². The SMILES string of the molecule is CS(=O)(=O)O.c1ccc2c(c1)Cc1ccccc1C1=C2CCN(CC2CCCC2)CC1. The summed E-state index contributed by atoms with van der Waals surface area (Å²) in [7, 11) is -3.67. The fourth-order valence-electron chi connectivity index (χ4n) is 5.43. The van der Waals surface area contributed by atoms with Gasteiger partial charge in [-0.1, -0.05) is 61.4 Å². The topological polar surface area (TPSA) is 57.6 Å². The minimum atomic E-state index is -3.67. The molecule has 0 atom stereocenters. The Morgan fingerprint density at radius 1 is 0.871 bits per heavy atom. The first-order chi connectivity index (χ1) is 14.9. The van der Waals surface area contributed by atoms with Gasteiger partial charge in [-0.2, -0.15) is 8.42 Å². The molecule has 2 aromatic rings. The van der Waals surface area contributed by atoms with Crippen LogP contribution < -0.4 is 0 Å². The van der Waals surface area contributed by atoms with Crippen molar-refractivity contribution >= 4 is 21.3 Å². The molecule has 2 aromatic carbocycles. The molecule has 4 nitrogen and oxygen atoms in total. The molecule has 0 amide bonds. The standard InChI is InChI=1S/C25H29N.CH4O3S/c1-2-8-19(7-1)18-26-15-13-24-22-11-5-3-9-20(22)17-21-10-4-6-12-23(21)25(24)14-16-26;1-5(2,3)4/h3-6,9-12,19H,1-2,7-8,13-18H2;1H3,(H,2,3,4). The highest BCUT2D eigenvalue weighted by atomic mass is 32.2. The quantitative estimate of drug-likeness (QED) is 0.646. The number of nitrogens with zero attached hydrogens (tertiary/aromatic N) is 1. The molecule has 5 heteroatoms. The summed E-state index contributed by atoms with van der Waals surface area (Å²) in [6, 6.07) is 18.3. The van der Waals surface area contributed by atoms with Gasteiger partial charge in [0.2, 0.25) is 0 Å². The van der Waals surface area contributed by atoms with Gasteiger partial charge in [0.25, 0.3) is 10.1 Å². The summed E-state index contributed by atoms with van der Waals surface area (Å²) in [6.07, 6.45) is 10.0.